The first-order chi connectivity index (χ1) is 5.04. The summed E-state index contributed by atoms with van der Waals surface area (Å²) in [5.74, 6) is -1.37. The number of halogens is 4. The highest BCUT2D eigenvalue weighted by Crippen LogP contribution is 2.31. The van der Waals surface area contributed by atoms with Crippen molar-refractivity contribution in [3.8, 4) is 0 Å². The van der Waals surface area contributed by atoms with Crippen LogP contribution in [0.2, 0.25) is 0 Å². The average Bonchev–Trinajstić information content (AvgIpc) is 1.97. The molecule has 0 saturated heterocycles. The summed E-state index contributed by atoms with van der Waals surface area (Å²) in [5, 5.41) is 0. The molecule has 0 radical (unpaired) electrons. The predicted octanol–water partition coefficient (Wildman–Crippen LogP) is 3.78. The van der Waals surface area contributed by atoms with E-state index in [0.717, 1.165) is 6.07 Å². The van der Waals surface area contributed by atoms with Gasteiger partial charge >= 0.3 is 0 Å². The first-order valence-electron chi connectivity index (χ1n) is 2.56. The third-order valence-electron chi connectivity index (χ3n) is 1.09. The van der Waals surface area contributed by atoms with Gasteiger partial charge < -0.3 is 0 Å². The van der Waals surface area contributed by atoms with Crippen LogP contribution in [0.1, 0.15) is 0 Å². The van der Waals surface area contributed by atoms with E-state index in [1.165, 1.54) is 0 Å². The van der Waals surface area contributed by atoms with Gasteiger partial charge in [-0.3, -0.25) is 0 Å². The Labute approximate surface area is 84.7 Å². The molecule has 5 heteroatoms. The summed E-state index contributed by atoms with van der Waals surface area (Å²) in [6.07, 6.45) is 0. The van der Waals surface area contributed by atoms with Crippen LogP contribution in [0.3, 0.4) is 0 Å². The molecular weight excluding hydrogens is 302 g/mol. The molecule has 0 spiro atoms. The van der Waals surface area contributed by atoms with Crippen molar-refractivity contribution >= 4 is 44.5 Å². The number of rotatable bonds is 0. The molecule has 1 rings (SSSR count). The second-order valence-corrected chi connectivity index (χ2v) is 3.91. The van der Waals surface area contributed by atoms with Gasteiger partial charge in [0.25, 0.3) is 0 Å². The largest absolute Gasteiger partial charge is 0.206 e. The Balaban J connectivity index is 3.46. The molecule has 0 unspecified atom stereocenters. The number of thiol groups is 1. The topological polar surface area (TPSA) is 0 Å². The zero-order valence-electron chi connectivity index (χ0n) is 5.04. The summed E-state index contributed by atoms with van der Waals surface area (Å²) in [6.45, 7) is 0. The van der Waals surface area contributed by atoms with Crippen LogP contribution in [-0.4, -0.2) is 0 Å². The van der Waals surface area contributed by atoms with Crippen LogP contribution in [0, 0.1) is 11.6 Å². The molecule has 1 aromatic carbocycles. The summed E-state index contributed by atoms with van der Waals surface area (Å²) >= 11 is 9.52. The van der Waals surface area contributed by atoms with E-state index in [4.69, 9.17) is 0 Å². The minimum Gasteiger partial charge on any atom is -0.206 e. The fourth-order valence-electron chi connectivity index (χ4n) is 0.557. The monoisotopic (exact) mass is 302 g/mol. The molecular formula is C6H2Br2F2S. The second kappa shape index (κ2) is 3.41. The van der Waals surface area contributed by atoms with E-state index in [2.05, 4.69) is 44.5 Å². The third-order valence-corrected chi connectivity index (χ3v) is 3.43. The van der Waals surface area contributed by atoms with Crippen molar-refractivity contribution in [2.75, 3.05) is 0 Å². The lowest BCUT2D eigenvalue weighted by molar-refractivity contribution is 0.535. The van der Waals surface area contributed by atoms with E-state index in [1.807, 2.05) is 0 Å². The Morgan fingerprint density at radius 3 is 2.36 bits per heavy atom. The Kier molecular flexibility index (Phi) is 2.94. The SMILES string of the molecule is Fc1cc(Br)c(Br)c(F)c1S. The van der Waals surface area contributed by atoms with Gasteiger partial charge in [0, 0.05) is 4.47 Å². The first kappa shape index (κ1) is 9.48. The second-order valence-electron chi connectivity index (χ2n) is 1.82. The van der Waals surface area contributed by atoms with Crippen LogP contribution in [-0.2, 0) is 0 Å². The molecule has 1 aromatic rings. The summed E-state index contributed by atoms with van der Waals surface area (Å²) in [6, 6.07) is 1.15. The van der Waals surface area contributed by atoms with Crippen molar-refractivity contribution in [1.82, 2.24) is 0 Å². The summed E-state index contributed by atoms with van der Waals surface area (Å²) in [4.78, 5) is -0.278. The van der Waals surface area contributed by atoms with Gasteiger partial charge in [-0.1, -0.05) is 0 Å². The van der Waals surface area contributed by atoms with E-state index in [-0.39, 0.29) is 9.37 Å². The zero-order valence-corrected chi connectivity index (χ0v) is 9.10. The summed E-state index contributed by atoms with van der Waals surface area (Å²) < 4.78 is 26.0. The van der Waals surface area contributed by atoms with Crippen molar-refractivity contribution in [2.45, 2.75) is 4.90 Å². The average molecular weight is 304 g/mol. The number of hydrogen-bond donors (Lipinski definition) is 1. The van der Waals surface area contributed by atoms with Gasteiger partial charge in [0.15, 0.2) is 5.82 Å². The molecule has 0 aromatic heterocycles. The van der Waals surface area contributed by atoms with Gasteiger partial charge in [0.05, 0.1) is 9.37 Å². The lowest BCUT2D eigenvalue weighted by Gasteiger charge is -2.01. The molecule has 0 atom stereocenters. The van der Waals surface area contributed by atoms with E-state index in [1.54, 1.807) is 0 Å². The molecule has 0 aliphatic rings. The van der Waals surface area contributed by atoms with Crippen LogP contribution >= 0.6 is 44.5 Å². The van der Waals surface area contributed by atoms with Crippen molar-refractivity contribution in [3.05, 3.63) is 26.6 Å². The van der Waals surface area contributed by atoms with Gasteiger partial charge in [-0.15, -0.1) is 12.6 Å². The quantitative estimate of drug-likeness (QED) is 0.421. The van der Waals surface area contributed by atoms with Crippen LogP contribution in [0.25, 0.3) is 0 Å². The van der Waals surface area contributed by atoms with Crippen LogP contribution in [0.5, 0.6) is 0 Å². The molecule has 11 heavy (non-hydrogen) atoms. The van der Waals surface area contributed by atoms with Crippen molar-refractivity contribution in [2.24, 2.45) is 0 Å². The first-order valence-corrected chi connectivity index (χ1v) is 4.59. The fourth-order valence-corrected chi connectivity index (χ4v) is 1.57. The molecule has 60 valence electrons. The van der Waals surface area contributed by atoms with Gasteiger partial charge in [-0.25, -0.2) is 8.78 Å². The highest BCUT2D eigenvalue weighted by Gasteiger charge is 2.12. The fraction of sp³-hybridized carbons (Fsp3) is 0. The van der Waals surface area contributed by atoms with Crippen LogP contribution < -0.4 is 0 Å². The summed E-state index contributed by atoms with van der Waals surface area (Å²) in [5.41, 5.74) is 0. The van der Waals surface area contributed by atoms with Crippen molar-refractivity contribution in [1.29, 1.82) is 0 Å². The van der Waals surface area contributed by atoms with E-state index >= 15 is 0 Å². The third kappa shape index (κ3) is 1.76. The molecule has 0 fully saturated rings. The maximum Gasteiger partial charge on any atom is 0.154 e. The number of hydrogen-bond acceptors (Lipinski definition) is 1. The Bertz CT molecular complexity index is 275. The lowest BCUT2D eigenvalue weighted by atomic mass is 10.3. The zero-order chi connectivity index (χ0) is 8.59. The normalized spacial score (nSPS) is 10.3. The molecule has 0 nitrogen and oxygen atoms in total. The maximum atomic E-state index is 12.9. The van der Waals surface area contributed by atoms with Gasteiger partial charge in [-0.2, -0.15) is 0 Å². The highest BCUT2D eigenvalue weighted by molar-refractivity contribution is 9.13. The van der Waals surface area contributed by atoms with E-state index < -0.39 is 11.6 Å². The van der Waals surface area contributed by atoms with Crippen LogP contribution in [0.4, 0.5) is 8.78 Å². The molecule has 0 saturated carbocycles. The van der Waals surface area contributed by atoms with Gasteiger partial charge in [-0.05, 0) is 37.9 Å². The number of benzene rings is 1. The maximum absolute atomic E-state index is 12.9. The minimum absolute atomic E-state index is 0.184. The van der Waals surface area contributed by atoms with E-state index in [0.29, 0.717) is 4.47 Å². The molecule has 0 N–H and O–H groups in total. The Morgan fingerprint density at radius 1 is 1.27 bits per heavy atom. The molecule has 0 heterocycles. The van der Waals surface area contributed by atoms with Crippen molar-refractivity contribution < 1.29 is 8.78 Å². The smallest absolute Gasteiger partial charge is 0.154 e. The molecule has 0 aliphatic heterocycles. The van der Waals surface area contributed by atoms with E-state index in [9.17, 15) is 8.78 Å². The lowest BCUT2D eigenvalue weighted by Crippen LogP contribution is -1.87. The predicted molar refractivity (Wildman–Crippen MR) is 49.0 cm³/mol. The Hall–Kier alpha value is 0.390. The molecule has 0 aliphatic carbocycles. The minimum atomic E-state index is -0.694. The molecule has 0 bridgehead atoms. The summed E-state index contributed by atoms with van der Waals surface area (Å²) in [7, 11) is 0. The van der Waals surface area contributed by atoms with Gasteiger partial charge in [0.1, 0.15) is 5.82 Å². The highest BCUT2D eigenvalue weighted by atomic mass is 79.9. The standard InChI is InChI=1S/C6H2Br2F2S/c7-2-1-3(9)6(11)5(10)4(2)8/h1,11H. The molecule has 0 amide bonds. The van der Waals surface area contributed by atoms with Crippen molar-refractivity contribution in [3.63, 3.8) is 0 Å². The van der Waals surface area contributed by atoms with Gasteiger partial charge in [0.2, 0.25) is 0 Å². The van der Waals surface area contributed by atoms with Crippen LogP contribution in [0.15, 0.2) is 19.9 Å². The Morgan fingerprint density at radius 2 is 1.82 bits per heavy atom.